The standard InChI is InChI=1S/3C20H43O2P.Nd/c3*1-3-5-7-9-11-13-15-17-19-23(21,22)20-18-16-14-12-10-8-6-4-2;/h3*3-20H2,1-2H3,(H,21,22);/q;;;+3/p-3. The molecule has 0 fully saturated rings. The quantitative estimate of drug-likeness (QED) is 0.0442. The zero-order chi connectivity index (χ0) is 51.7. The minimum absolute atomic E-state index is 0. The van der Waals surface area contributed by atoms with Crippen LogP contribution in [-0.4, -0.2) is 37.0 Å². The normalized spacial score (nSPS) is 11.8. The first-order valence-corrected chi connectivity index (χ1v) is 37.2. The Kier molecular flexibility index (Phi) is 71.1. The van der Waals surface area contributed by atoms with Gasteiger partial charge < -0.3 is 28.4 Å². The average molecular weight is 1180 g/mol. The van der Waals surface area contributed by atoms with Crippen LogP contribution in [0.25, 0.3) is 0 Å². The van der Waals surface area contributed by atoms with E-state index in [1.165, 1.54) is 231 Å². The van der Waals surface area contributed by atoms with Gasteiger partial charge in [0.15, 0.2) is 0 Å². The minimum atomic E-state index is -3.07. The van der Waals surface area contributed by atoms with Crippen LogP contribution in [0.15, 0.2) is 0 Å². The Bertz CT molecular complexity index is 905. The summed E-state index contributed by atoms with van der Waals surface area (Å²) < 4.78 is 36.0. The largest absolute Gasteiger partial charge is 3.00 e. The molecule has 0 aliphatic heterocycles. The first-order chi connectivity index (χ1) is 33.4. The van der Waals surface area contributed by atoms with E-state index in [0.717, 1.165) is 77.0 Å². The Morgan fingerprint density at radius 1 is 0.186 bits per heavy atom. The van der Waals surface area contributed by atoms with E-state index in [-0.39, 0.29) is 40.8 Å². The summed E-state index contributed by atoms with van der Waals surface area (Å²) in [5.41, 5.74) is 0. The van der Waals surface area contributed by atoms with Gasteiger partial charge in [-0.05, 0) is 75.5 Å². The van der Waals surface area contributed by atoms with Gasteiger partial charge in [0.05, 0.1) is 0 Å². The first kappa shape index (κ1) is 78.4. The Morgan fingerprint density at radius 2 is 0.271 bits per heavy atom. The van der Waals surface area contributed by atoms with Crippen LogP contribution in [0.4, 0.5) is 0 Å². The molecule has 0 heterocycles. The van der Waals surface area contributed by atoms with Crippen molar-refractivity contribution in [1.29, 1.82) is 0 Å². The Morgan fingerprint density at radius 3 is 0.371 bits per heavy atom. The predicted octanol–water partition coefficient (Wildman–Crippen LogP) is 20.7. The molecule has 6 nitrogen and oxygen atoms in total. The maximum absolute atomic E-state index is 12.0. The van der Waals surface area contributed by atoms with E-state index < -0.39 is 22.1 Å². The van der Waals surface area contributed by atoms with Gasteiger partial charge >= 0.3 is 40.8 Å². The second-order valence-electron chi connectivity index (χ2n) is 21.6. The third-order valence-electron chi connectivity index (χ3n) is 14.1. The van der Waals surface area contributed by atoms with Gasteiger partial charge in [-0.3, -0.25) is 0 Å². The zero-order valence-corrected chi connectivity index (χ0v) is 54.4. The molecule has 0 atom stereocenters. The van der Waals surface area contributed by atoms with E-state index >= 15 is 0 Å². The van der Waals surface area contributed by atoms with Gasteiger partial charge in [0, 0.05) is 22.1 Å². The summed E-state index contributed by atoms with van der Waals surface area (Å²) in [5.74, 6) is 0. The van der Waals surface area contributed by atoms with E-state index in [2.05, 4.69) is 41.5 Å². The van der Waals surface area contributed by atoms with Crippen molar-refractivity contribution in [2.45, 2.75) is 350 Å². The van der Waals surface area contributed by atoms with E-state index in [1.54, 1.807) is 0 Å². The van der Waals surface area contributed by atoms with Crippen molar-refractivity contribution in [1.82, 2.24) is 0 Å². The van der Waals surface area contributed by atoms with Gasteiger partial charge in [-0.1, -0.05) is 311 Å². The summed E-state index contributed by atoms with van der Waals surface area (Å²) in [4.78, 5) is 36.0. The maximum atomic E-state index is 12.0. The molecule has 0 aliphatic carbocycles. The molecule has 0 aromatic rings. The molecule has 70 heavy (non-hydrogen) atoms. The van der Waals surface area contributed by atoms with Crippen LogP contribution in [-0.2, 0) is 13.7 Å². The van der Waals surface area contributed by atoms with E-state index in [1.807, 2.05) is 0 Å². The second-order valence-corrected chi connectivity index (χ2v) is 29.2. The van der Waals surface area contributed by atoms with Crippen LogP contribution in [0.1, 0.15) is 350 Å². The molecule has 0 bridgehead atoms. The van der Waals surface area contributed by atoms with Crippen LogP contribution in [0.2, 0.25) is 0 Å². The Hall–Kier alpha value is 1.92. The summed E-state index contributed by atoms with van der Waals surface area (Å²) in [6, 6.07) is 0. The molecule has 10 heteroatoms. The topological polar surface area (TPSA) is 120 Å². The molecule has 0 aromatic carbocycles. The fourth-order valence-corrected chi connectivity index (χ4v) is 14.2. The molecule has 0 rings (SSSR count). The van der Waals surface area contributed by atoms with Crippen molar-refractivity contribution < 1.29 is 69.2 Å². The molecule has 0 amide bonds. The van der Waals surface area contributed by atoms with Crippen molar-refractivity contribution >= 4 is 22.1 Å². The van der Waals surface area contributed by atoms with Crippen LogP contribution < -0.4 is 14.7 Å². The van der Waals surface area contributed by atoms with Gasteiger partial charge in [-0.15, -0.1) is 0 Å². The molecule has 0 saturated carbocycles. The molecule has 0 spiro atoms. The van der Waals surface area contributed by atoms with E-state index in [9.17, 15) is 28.4 Å². The average Bonchev–Trinajstić information content (AvgIpc) is 3.32. The second kappa shape index (κ2) is 63.5. The molecule has 0 unspecified atom stereocenters. The van der Waals surface area contributed by atoms with Gasteiger partial charge in [0.1, 0.15) is 0 Å². The third-order valence-corrected chi connectivity index (χ3v) is 20.1. The number of unbranched alkanes of at least 4 members (excludes halogenated alkanes) is 42. The third kappa shape index (κ3) is 72.0. The van der Waals surface area contributed by atoms with Crippen molar-refractivity contribution in [3.8, 4) is 0 Å². The first-order valence-electron chi connectivity index (χ1n) is 31.2. The predicted molar refractivity (Wildman–Crippen MR) is 308 cm³/mol. The van der Waals surface area contributed by atoms with Crippen molar-refractivity contribution in [3.05, 3.63) is 0 Å². The van der Waals surface area contributed by atoms with Crippen LogP contribution in [0.3, 0.4) is 0 Å². The van der Waals surface area contributed by atoms with Crippen molar-refractivity contribution in [2.75, 3.05) is 37.0 Å². The van der Waals surface area contributed by atoms with Crippen LogP contribution in [0, 0.1) is 40.8 Å². The fraction of sp³-hybridized carbons (Fsp3) is 1.00. The van der Waals surface area contributed by atoms with Crippen molar-refractivity contribution in [3.63, 3.8) is 0 Å². The molecule has 0 aliphatic rings. The number of hydrogen-bond donors (Lipinski definition) is 0. The smallest absolute Gasteiger partial charge is 0.799 e. The molecule has 1 radical (unpaired) electrons. The molecule has 0 N–H and O–H groups in total. The van der Waals surface area contributed by atoms with Crippen LogP contribution in [0.5, 0.6) is 0 Å². The monoisotopic (exact) mass is 1180 g/mol. The molecular formula is C60H126NdO6P3. The summed E-state index contributed by atoms with van der Waals surface area (Å²) in [6.45, 7) is 13.4. The van der Waals surface area contributed by atoms with Crippen LogP contribution >= 0.6 is 22.1 Å². The van der Waals surface area contributed by atoms with E-state index in [4.69, 9.17) is 0 Å². The van der Waals surface area contributed by atoms with Gasteiger partial charge in [0.25, 0.3) is 0 Å². The number of hydrogen-bond acceptors (Lipinski definition) is 6. The molecule has 0 saturated heterocycles. The van der Waals surface area contributed by atoms with Gasteiger partial charge in [-0.2, -0.15) is 0 Å². The Labute approximate surface area is 474 Å². The zero-order valence-electron chi connectivity index (χ0n) is 48.5. The fourth-order valence-electron chi connectivity index (χ4n) is 9.25. The molecule has 0 aromatic heterocycles. The van der Waals surface area contributed by atoms with Gasteiger partial charge in [-0.25, -0.2) is 0 Å². The minimum Gasteiger partial charge on any atom is -0.799 e. The maximum Gasteiger partial charge on any atom is 3.00 e. The molecule has 421 valence electrons. The number of rotatable bonds is 54. The Balaban J connectivity index is -0.000000463. The molecular weight excluding hydrogens is 1050 g/mol. The summed E-state index contributed by atoms with van der Waals surface area (Å²) in [7, 11) is -9.22. The van der Waals surface area contributed by atoms with Gasteiger partial charge in [0.2, 0.25) is 0 Å². The summed E-state index contributed by atoms with van der Waals surface area (Å²) >= 11 is 0. The summed E-state index contributed by atoms with van der Waals surface area (Å²) in [5, 5.41) is 0. The van der Waals surface area contributed by atoms with E-state index in [0.29, 0.717) is 37.0 Å². The van der Waals surface area contributed by atoms with Crippen molar-refractivity contribution in [2.24, 2.45) is 0 Å². The summed E-state index contributed by atoms with van der Waals surface area (Å²) in [6.07, 6.45) is 61.2. The SMILES string of the molecule is CCCCCCCCCCP(=O)([O-])CCCCCCCCCC.CCCCCCCCCCP(=O)([O-])CCCCCCCCCC.CCCCCCCCCCP(=O)([O-])CCCCCCCCCC.[Nd+3].